The van der Waals surface area contributed by atoms with Crippen LogP contribution in [0.3, 0.4) is 0 Å². The number of carboxylic acid groups (broad SMARTS) is 1. The summed E-state index contributed by atoms with van der Waals surface area (Å²) in [6.07, 6.45) is 1.82. The first kappa shape index (κ1) is 22.8. The van der Waals surface area contributed by atoms with Gasteiger partial charge in [-0.3, -0.25) is 14.3 Å². The maximum Gasteiger partial charge on any atom is 0.335 e. The summed E-state index contributed by atoms with van der Waals surface area (Å²) in [7, 11) is 0. The van der Waals surface area contributed by atoms with E-state index in [1.165, 1.54) is 29.0 Å². The number of aliphatic hydroxyl groups is 1. The van der Waals surface area contributed by atoms with E-state index in [-0.39, 0.29) is 22.7 Å². The summed E-state index contributed by atoms with van der Waals surface area (Å²) >= 11 is 1.44. The first-order chi connectivity index (χ1) is 15.9. The van der Waals surface area contributed by atoms with Gasteiger partial charge in [-0.25, -0.2) is 19.7 Å². The zero-order valence-corrected chi connectivity index (χ0v) is 18.0. The molecule has 1 amide bonds. The van der Waals surface area contributed by atoms with E-state index in [1.54, 1.807) is 12.4 Å². The van der Waals surface area contributed by atoms with Crippen molar-refractivity contribution in [1.82, 2.24) is 29.8 Å². The molecule has 1 saturated heterocycles. The molecule has 4 rings (SSSR count). The first-order valence-electron chi connectivity index (χ1n) is 9.88. The van der Waals surface area contributed by atoms with E-state index in [2.05, 4.69) is 25.3 Å². The van der Waals surface area contributed by atoms with Crippen LogP contribution in [0.4, 0.5) is 5.82 Å². The normalized spacial score (nSPS) is 23.5. The molecule has 14 heteroatoms. The average molecular weight is 475 g/mol. The number of imidazole rings is 1. The number of amides is 1. The lowest BCUT2D eigenvalue weighted by molar-refractivity contribution is -0.152. The second-order valence-corrected chi connectivity index (χ2v) is 8.41. The summed E-state index contributed by atoms with van der Waals surface area (Å²) in [4.78, 5) is 40.5. The zero-order chi connectivity index (χ0) is 23.5. The van der Waals surface area contributed by atoms with E-state index in [1.807, 2.05) is 12.1 Å². The van der Waals surface area contributed by atoms with Crippen LogP contribution in [0.2, 0.25) is 0 Å². The van der Waals surface area contributed by atoms with Gasteiger partial charge in [0.1, 0.15) is 17.9 Å². The molecule has 1 aliphatic heterocycles. The summed E-state index contributed by atoms with van der Waals surface area (Å²) in [5.41, 5.74) is 13.3. The third-order valence-electron chi connectivity index (χ3n) is 5.11. The molecular formula is C19H22N8O5S. The second kappa shape index (κ2) is 9.66. The number of hydrogen-bond acceptors (Lipinski definition) is 11. The van der Waals surface area contributed by atoms with Crippen LogP contribution in [0.25, 0.3) is 11.2 Å². The molecule has 1 aliphatic rings. The Morgan fingerprint density at radius 2 is 2.15 bits per heavy atom. The number of rotatable bonds is 8. The number of aliphatic hydroxyl groups excluding tert-OH is 1. The predicted molar refractivity (Wildman–Crippen MR) is 118 cm³/mol. The Bertz CT molecular complexity index is 1150. The minimum Gasteiger partial charge on any atom is -0.479 e. The predicted octanol–water partition coefficient (Wildman–Crippen LogP) is -1.11. The van der Waals surface area contributed by atoms with E-state index in [9.17, 15) is 19.8 Å². The number of pyridine rings is 1. The number of nitrogens with one attached hydrogen (secondary N) is 1. The zero-order valence-electron chi connectivity index (χ0n) is 17.2. The number of fused-ring (bicyclic) bond motifs is 1. The van der Waals surface area contributed by atoms with Gasteiger partial charge in [-0.2, -0.15) is 11.8 Å². The van der Waals surface area contributed by atoms with Crippen LogP contribution in [0.1, 0.15) is 11.8 Å². The van der Waals surface area contributed by atoms with Gasteiger partial charge in [0, 0.05) is 23.9 Å². The number of anilines is 1. The van der Waals surface area contributed by atoms with Gasteiger partial charge < -0.3 is 31.7 Å². The molecule has 0 bridgehead atoms. The molecule has 0 radical (unpaired) electrons. The molecule has 5 atom stereocenters. The Labute approximate surface area is 191 Å². The number of nitrogen functional groups attached to an aromatic ring is 1. The first-order valence-corrected chi connectivity index (χ1v) is 11.0. The van der Waals surface area contributed by atoms with Crippen LogP contribution < -0.4 is 16.8 Å². The smallest absolute Gasteiger partial charge is 0.335 e. The van der Waals surface area contributed by atoms with Gasteiger partial charge in [0.15, 0.2) is 23.8 Å². The average Bonchev–Trinajstić information content (AvgIpc) is 3.37. The number of nitrogens with zero attached hydrogens (tertiary/aromatic N) is 5. The van der Waals surface area contributed by atoms with Gasteiger partial charge in [-0.1, -0.05) is 6.07 Å². The Hall–Kier alpha value is -3.33. The van der Waals surface area contributed by atoms with Crippen LogP contribution in [0.5, 0.6) is 0 Å². The fourth-order valence-corrected chi connectivity index (χ4v) is 4.39. The van der Waals surface area contributed by atoms with Gasteiger partial charge in [-0.05, 0) is 11.6 Å². The molecule has 13 nitrogen and oxygen atoms in total. The highest BCUT2D eigenvalue weighted by Gasteiger charge is 2.49. The number of carbonyl (C=O) groups is 2. The van der Waals surface area contributed by atoms with Crippen LogP contribution in [-0.4, -0.2) is 76.6 Å². The van der Waals surface area contributed by atoms with Crippen molar-refractivity contribution >= 4 is 40.6 Å². The lowest BCUT2D eigenvalue weighted by Crippen LogP contribution is -2.54. The summed E-state index contributed by atoms with van der Waals surface area (Å²) in [5.74, 6) is -0.924. The van der Waals surface area contributed by atoms with Crippen molar-refractivity contribution in [3.8, 4) is 0 Å². The highest BCUT2D eigenvalue weighted by Crippen LogP contribution is 2.32. The Kier molecular flexibility index (Phi) is 6.69. The fourth-order valence-electron chi connectivity index (χ4n) is 3.47. The molecular weight excluding hydrogens is 452 g/mol. The fraction of sp³-hybridized carbons (Fsp3) is 0.368. The maximum absolute atomic E-state index is 12.6. The molecule has 0 aromatic carbocycles. The molecule has 3 aromatic heterocycles. The summed E-state index contributed by atoms with van der Waals surface area (Å²) in [5, 5.41) is 23.0. The van der Waals surface area contributed by atoms with Crippen LogP contribution in [0, 0.1) is 0 Å². The molecule has 0 saturated carbocycles. The van der Waals surface area contributed by atoms with Crippen molar-refractivity contribution in [3.05, 3.63) is 42.7 Å². The van der Waals surface area contributed by atoms with E-state index in [0.717, 1.165) is 5.56 Å². The van der Waals surface area contributed by atoms with Gasteiger partial charge in [0.2, 0.25) is 5.91 Å². The van der Waals surface area contributed by atoms with Crippen molar-refractivity contribution in [1.29, 1.82) is 0 Å². The molecule has 1 fully saturated rings. The lowest BCUT2D eigenvalue weighted by atomic mass is 10.1. The van der Waals surface area contributed by atoms with Crippen molar-refractivity contribution < 1.29 is 24.5 Å². The van der Waals surface area contributed by atoms with Crippen molar-refractivity contribution in [2.75, 3.05) is 11.5 Å². The highest BCUT2D eigenvalue weighted by molar-refractivity contribution is 7.98. The van der Waals surface area contributed by atoms with Crippen molar-refractivity contribution in [2.24, 2.45) is 5.73 Å². The van der Waals surface area contributed by atoms with Gasteiger partial charge in [-0.15, -0.1) is 0 Å². The van der Waals surface area contributed by atoms with Crippen LogP contribution in [0.15, 0.2) is 37.2 Å². The Balaban J connectivity index is 1.44. The van der Waals surface area contributed by atoms with Crippen LogP contribution >= 0.6 is 11.8 Å². The number of aliphatic carboxylic acids is 1. The van der Waals surface area contributed by atoms with Gasteiger partial charge in [0.05, 0.1) is 18.4 Å². The minimum absolute atomic E-state index is 0.126. The number of carbonyl (C=O) groups excluding carboxylic acids is 1. The number of thioether (sulfide) groups is 1. The monoisotopic (exact) mass is 474 g/mol. The molecule has 33 heavy (non-hydrogen) atoms. The lowest BCUT2D eigenvalue weighted by Gasteiger charge is -2.22. The summed E-state index contributed by atoms with van der Waals surface area (Å²) in [6.45, 7) is 0. The van der Waals surface area contributed by atoms with Crippen molar-refractivity contribution in [3.63, 3.8) is 0 Å². The van der Waals surface area contributed by atoms with E-state index in [0.29, 0.717) is 5.75 Å². The Morgan fingerprint density at radius 1 is 1.33 bits per heavy atom. The molecule has 1 unspecified atom stereocenters. The number of aromatic nitrogens is 5. The molecule has 174 valence electrons. The van der Waals surface area contributed by atoms with E-state index < -0.39 is 42.4 Å². The number of nitrogens with two attached hydrogens (primary N) is 2. The molecule has 7 N–H and O–H groups in total. The minimum atomic E-state index is -1.51. The van der Waals surface area contributed by atoms with Crippen LogP contribution in [-0.2, 0) is 20.1 Å². The van der Waals surface area contributed by atoms with E-state index >= 15 is 0 Å². The van der Waals surface area contributed by atoms with Gasteiger partial charge in [0.25, 0.3) is 0 Å². The highest BCUT2D eigenvalue weighted by atomic mass is 32.2. The maximum atomic E-state index is 12.6. The van der Waals surface area contributed by atoms with E-state index in [4.69, 9.17) is 16.2 Å². The largest absolute Gasteiger partial charge is 0.479 e. The standard InChI is InChI=1S/C19H22N8O5S/c20-10(6-33-5-9-2-1-3-22-4-9)17(29)26-11-13(28)18(32-14(11)19(30)31)27-8-25-12-15(21)23-7-24-16(12)27/h1-4,7-8,10-11,13-14,18,28H,5-6,20H2,(H,26,29)(H,30,31)(H2,21,23,24)/t10?,11-,13+,14-,18+/m0/s1. The van der Waals surface area contributed by atoms with Crippen molar-refractivity contribution in [2.45, 2.75) is 36.3 Å². The third-order valence-corrected chi connectivity index (χ3v) is 6.24. The topological polar surface area (TPSA) is 204 Å². The summed E-state index contributed by atoms with van der Waals surface area (Å²) in [6, 6.07) is 1.56. The quantitative estimate of drug-likeness (QED) is 0.264. The van der Waals surface area contributed by atoms with Gasteiger partial charge >= 0.3 is 5.97 Å². The molecule has 4 heterocycles. The number of ether oxygens (including phenoxy) is 1. The summed E-state index contributed by atoms with van der Waals surface area (Å²) < 4.78 is 6.92. The molecule has 0 spiro atoms. The molecule has 0 aliphatic carbocycles. The SMILES string of the molecule is Nc1ncnc2c1ncn2[C@@H]1O[C@H](C(=O)O)[C@@H](NC(=O)C(N)CSCc2cccnc2)[C@H]1O. The third kappa shape index (κ3) is 4.73. The number of hydrogen-bond donors (Lipinski definition) is 5. The second-order valence-electron chi connectivity index (χ2n) is 7.38. The number of carboxylic acids is 1. The molecule has 3 aromatic rings. The Morgan fingerprint density at radius 3 is 2.88 bits per heavy atom.